The van der Waals surface area contributed by atoms with Crippen molar-refractivity contribution in [2.75, 3.05) is 0 Å². The third-order valence-corrected chi connectivity index (χ3v) is 3.70. The normalized spacial score (nSPS) is 29.8. The number of carbonyl (C=O) groups is 2. The summed E-state index contributed by atoms with van der Waals surface area (Å²) in [6, 6.07) is 0. The van der Waals surface area contributed by atoms with Gasteiger partial charge in [-0.25, -0.2) is 0 Å². The van der Waals surface area contributed by atoms with Gasteiger partial charge >= 0.3 is 5.97 Å². The van der Waals surface area contributed by atoms with Crippen molar-refractivity contribution in [2.24, 2.45) is 17.3 Å². The molecule has 0 amide bonds. The highest BCUT2D eigenvalue weighted by Crippen LogP contribution is 2.43. The van der Waals surface area contributed by atoms with E-state index in [9.17, 15) is 19.8 Å². The number of esters is 1. The third kappa shape index (κ3) is 2.98. The number of carbonyl (C=O) groups excluding carboxylic acids is 2. The van der Waals surface area contributed by atoms with Crippen LogP contribution in [0.15, 0.2) is 0 Å². The van der Waals surface area contributed by atoms with Crippen molar-refractivity contribution in [2.45, 2.75) is 59.4 Å². The van der Waals surface area contributed by atoms with Gasteiger partial charge in [0.1, 0.15) is 17.8 Å². The first-order chi connectivity index (χ1) is 8.39. The summed E-state index contributed by atoms with van der Waals surface area (Å²) < 4.78 is 5.16. The van der Waals surface area contributed by atoms with Crippen LogP contribution in [-0.2, 0) is 14.3 Å². The fraction of sp³-hybridized carbons (Fsp3) is 0.857. The summed E-state index contributed by atoms with van der Waals surface area (Å²) in [7, 11) is 0. The van der Waals surface area contributed by atoms with Crippen LogP contribution in [0.1, 0.15) is 41.5 Å². The molecule has 0 aliphatic carbocycles. The zero-order chi connectivity index (χ0) is 15.2. The highest BCUT2D eigenvalue weighted by Gasteiger charge is 2.56. The molecule has 1 aliphatic heterocycles. The van der Waals surface area contributed by atoms with E-state index in [4.69, 9.17) is 4.74 Å². The number of hydrogen-bond donors (Lipinski definition) is 2. The molecule has 0 aromatic heterocycles. The lowest BCUT2D eigenvalue weighted by Crippen LogP contribution is -2.47. The molecule has 2 N–H and O–H groups in total. The SMILES string of the molecule is CC(O)C(=O)[C@H](C1C(=O)OC(C)(C)C1O)C(C)(C)C. The van der Waals surface area contributed by atoms with E-state index in [-0.39, 0.29) is 0 Å². The second-order valence-electron chi connectivity index (χ2n) is 6.92. The van der Waals surface area contributed by atoms with Crippen molar-refractivity contribution < 1.29 is 24.5 Å². The Hall–Kier alpha value is -0.940. The molecule has 1 heterocycles. The predicted octanol–water partition coefficient (Wildman–Crippen LogP) is 0.911. The van der Waals surface area contributed by atoms with Gasteiger partial charge in [-0.05, 0) is 26.2 Å². The molecule has 0 aromatic rings. The third-order valence-electron chi connectivity index (χ3n) is 3.70. The van der Waals surface area contributed by atoms with E-state index in [1.165, 1.54) is 6.92 Å². The maximum atomic E-state index is 12.2. The smallest absolute Gasteiger partial charge is 0.313 e. The lowest BCUT2D eigenvalue weighted by molar-refractivity contribution is -0.153. The van der Waals surface area contributed by atoms with Gasteiger partial charge in [0.2, 0.25) is 0 Å². The van der Waals surface area contributed by atoms with Gasteiger partial charge in [0.25, 0.3) is 0 Å². The number of aliphatic hydroxyl groups excluding tert-OH is 2. The number of ether oxygens (including phenoxy) is 1. The average molecular weight is 272 g/mol. The fourth-order valence-corrected chi connectivity index (χ4v) is 2.67. The lowest BCUT2D eigenvalue weighted by atomic mass is 9.67. The first-order valence-electron chi connectivity index (χ1n) is 6.52. The Morgan fingerprint density at radius 1 is 1.37 bits per heavy atom. The maximum absolute atomic E-state index is 12.2. The van der Waals surface area contributed by atoms with Gasteiger partial charge in [0.05, 0.1) is 5.92 Å². The molecule has 0 aromatic carbocycles. The van der Waals surface area contributed by atoms with Crippen molar-refractivity contribution in [1.82, 2.24) is 0 Å². The summed E-state index contributed by atoms with van der Waals surface area (Å²) >= 11 is 0. The Morgan fingerprint density at radius 3 is 2.11 bits per heavy atom. The van der Waals surface area contributed by atoms with E-state index in [1.54, 1.807) is 13.8 Å². The van der Waals surface area contributed by atoms with Crippen LogP contribution >= 0.6 is 0 Å². The van der Waals surface area contributed by atoms with E-state index in [0.29, 0.717) is 0 Å². The minimum atomic E-state index is -1.17. The van der Waals surface area contributed by atoms with Crippen molar-refractivity contribution >= 4 is 11.8 Å². The van der Waals surface area contributed by atoms with E-state index in [2.05, 4.69) is 0 Å². The van der Waals surface area contributed by atoms with Gasteiger partial charge in [-0.3, -0.25) is 9.59 Å². The maximum Gasteiger partial charge on any atom is 0.313 e. The molecule has 5 nitrogen and oxygen atoms in total. The Balaban J connectivity index is 3.20. The minimum Gasteiger partial charge on any atom is -0.457 e. The fourth-order valence-electron chi connectivity index (χ4n) is 2.67. The number of Topliss-reactive ketones (excluding diaryl/α,β-unsaturated/α-hetero) is 1. The Morgan fingerprint density at radius 2 is 1.84 bits per heavy atom. The summed E-state index contributed by atoms with van der Waals surface area (Å²) in [5.74, 6) is -2.73. The Kier molecular flexibility index (Phi) is 4.13. The van der Waals surface area contributed by atoms with E-state index in [1.807, 2.05) is 20.8 Å². The highest BCUT2D eigenvalue weighted by molar-refractivity contribution is 5.91. The zero-order valence-electron chi connectivity index (χ0n) is 12.4. The van der Waals surface area contributed by atoms with Gasteiger partial charge in [-0.15, -0.1) is 0 Å². The Labute approximate surface area is 114 Å². The van der Waals surface area contributed by atoms with Gasteiger partial charge in [-0.2, -0.15) is 0 Å². The molecule has 0 bridgehead atoms. The van der Waals surface area contributed by atoms with Crippen LogP contribution in [0, 0.1) is 17.3 Å². The summed E-state index contributed by atoms with van der Waals surface area (Å²) in [5, 5.41) is 19.8. The molecule has 0 spiro atoms. The summed E-state index contributed by atoms with van der Waals surface area (Å²) in [5.41, 5.74) is -1.57. The van der Waals surface area contributed by atoms with Gasteiger partial charge in [-0.1, -0.05) is 20.8 Å². The number of cyclic esters (lactones) is 1. The van der Waals surface area contributed by atoms with Crippen LogP contribution in [0.2, 0.25) is 0 Å². The summed E-state index contributed by atoms with van der Waals surface area (Å²) in [6.07, 6.45) is -2.24. The topological polar surface area (TPSA) is 83.8 Å². The molecule has 0 radical (unpaired) electrons. The quantitative estimate of drug-likeness (QED) is 0.746. The van der Waals surface area contributed by atoms with E-state index in [0.717, 1.165) is 0 Å². The summed E-state index contributed by atoms with van der Waals surface area (Å²) in [6.45, 7) is 10.0. The van der Waals surface area contributed by atoms with Crippen LogP contribution in [0.5, 0.6) is 0 Å². The molecular weight excluding hydrogens is 248 g/mol. The van der Waals surface area contributed by atoms with E-state index < -0.39 is 46.8 Å². The average Bonchev–Trinajstić information content (AvgIpc) is 2.38. The molecule has 1 rings (SSSR count). The largest absolute Gasteiger partial charge is 0.457 e. The number of rotatable bonds is 3. The second-order valence-corrected chi connectivity index (χ2v) is 6.92. The molecule has 1 fully saturated rings. The zero-order valence-corrected chi connectivity index (χ0v) is 12.4. The first-order valence-corrected chi connectivity index (χ1v) is 6.52. The first kappa shape index (κ1) is 16.1. The number of hydrogen-bond acceptors (Lipinski definition) is 5. The van der Waals surface area contributed by atoms with Crippen molar-refractivity contribution in [3.05, 3.63) is 0 Å². The van der Waals surface area contributed by atoms with Gasteiger partial charge in [0, 0.05) is 5.92 Å². The molecule has 0 saturated carbocycles. The van der Waals surface area contributed by atoms with Crippen molar-refractivity contribution in [3.63, 3.8) is 0 Å². The molecule has 19 heavy (non-hydrogen) atoms. The van der Waals surface area contributed by atoms with Gasteiger partial charge in [0.15, 0.2) is 5.78 Å². The lowest BCUT2D eigenvalue weighted by Gasteiger charge is -2.35. The van der Waals surface area contributed by atoms with Crippen LogP contribution in [0.25, 0.3) is 0 Å². The van der Waals surface area contributed by atoms with Crippen LogP contribution in [-0.4, -0.2) is 39.8 Å². The number of ketones is 1. The van der Waals surface area contributed by atoms with Crippen LogP contribution < -0.4 is 0 Å². The molecular formula is C14H24O5. The van der Waals surface area contributed by atoms with E-state index >= 15 is 0 Å². The molecule has 1 saturated heterocycles. The van der Waals surface area contributed by atoms with Gasteiger partial charge < -0.3 is 14.9 Å². The monoisotopic (exact) mass is 272 g/mol. The second kappa shape index (κ2) is 4.87. The minimum absolute atomic E-state index is 0.439. The molecule has 1 aliphatic rings. The summed E-state index contributed by atoms with van der Waals surface area (Å²) in [4.78, 5) is 24.2. The van der Waals surface area contributed by atoms with Crippen molar-refractivity contribution in [1.29, 1.82) is 0 Å². The standard InChI is InChI=1S/C14H24O5/c1-7(15)10(16)9(13(2,3)4)8-11(17)14(5,6)19-12(8)18/h7-9,11,15,17H,1-6H3/t7?,8?,9-,11?/m0/s1. The van der Waals surface area contributed by atoms with Crippen molar-refractivity contribution in [3.8, 4) is 0 Å². The highest BCUT2D eigenvalue weighted by atomic mass is 16.6. The number of aliphatic hydroxyl groups is 2. The Bertz CT molecular complexity index is 378. The molecule has 3 unspecified atom stereocenters. The van der Waals surface area contributed by atoms with Crippen LogP contribution in [0.4, 0.5) is 0 Å². The molecule has 4 atom stereocenters. The molecule has 5 heteroatoms. The predicted molar refractivity (Wildman–Crippen MR) is 69.3 cm³/mol. The van der Waals surface area contributed by atoms with Crippen LogP contribution in [0.3, 0.4) is 0 Å². The molecule has 110 valence electrons.